The summed E-state index contributed by atoms with van der Waals surface area (Å²) < 4.78 is 12.9. The van der Waals surface area contributed by atoms with Crippen molar-refractivity contribution in [2.24, 2.45) is 5.73 Å². The molecule has 7 heteroatoms. The average molecular weight is 257 g/mol. The van der Waals surface area contributed by atoms with Gasteiger partial charge in [-0.15, -0.1) is 12.6 Å². The molecular formula is C10H12FN3O2S. The summed E-state index contributed by atoms with van der Waals surface area (Å²) >= 11 is 3.87. The molecular weight excluding hydrogens is 245 g/mol. The Morgan fingerprint density at radius 2 is 1.94 bits per heavy atom. The van der Waals surface area contributed by atoms with Crippen LogP contribution in [-0.4, -0.2) is 25.0 Å². The van der Waals surface area contributed by atoms with Gasteiger partial charge in [-0.1, -0.05) is 0 Å². The Kier molecular flexibility index (Phi) is 4.77. The lowest BCUT2D eigenvalue weighted by atomic mass is 10.2. The van der Waals surface area contributed by atoms with Crippen LogP contribution in [-0.2, 0) is 0 Å². The highest BCUT2D eigenvalue weighted by Gasteiger charge is 2.07. The number of benzene rings is 1. The van der Waals surface area contributed by atoms with Crippen LogP contribution in [0.2, 0.25) is 0 Å². The van der Waals surface area contributed by atoms with E-state index < -0.39 is 11.8 Å². The lowest BCUT2D eigenvalue weighted by Gasteiger charge is -2.06. The van der Waals surface area contributed by atoms with Gasteiger partial charge in [0.25, 0.3) is 5.91 Å². The molecule has 0 saturated carbocycles. The molecule has 0 atom stereocenters. The number of halogens is 1. The minimum Gasteiger partial charge on any atom is -0.352 e. The zero-order valence-electron chi connectivity index (χ0n) is 8.87. The van der Waals surface area contributed by atoms with Gasteiger partial charge in [-0.3, -0.25) is 4.79 Å². The van der Waals surface area contributed by atoms with E-state index in [0.717, 1.165) is 0 Å². The lowest BCUT2D eigenvalue weighted by Crippen LogP contribution is -2.37. The van der Waals surface area contributed by atoms with Crippen molar-refractivity contribution in [1.82, 2.24) is 10.6 Å². The van der Waals surface area contributed by atoms with E-state index in [1.54, 1.807) is 0 Å². The van der Waals surface area contributed by atoms with Gasteiger partial charge in [-0.2, -0.15) is 0 Å². The standard InChI is InChI=1S/C10H12FN3O2S/c11-7-2-1-6(5-8(7)17)9(15)13-3-4-14-10(12)16/h1-2,5,17H,3-4H2,(H,13,15)(H3,12,14,16). The zero-order chi connectivity index (χ0) is 12.8. The third-order valence-electron chi connectivity index (χ3n) is 1.92. The molecule has 0 fully saturated rings. The Balaban J connectivity index is 2.47. The minimum atomic E-state index is -0.654. The van der Waals surface area contributed by atoms with Crippen molar-refractivity contribution in [2.75, 3.05) is 13.1 Å². The highest BCUT2D eigenvalue weighted by Crippen LogP contribution is 2.13. The largest absolute Gasteiger partial charge is 0.352 e. The summed E-state index contributed by atoms with van der Waals surface area (Å²) in [6.07, 6.45) is 0. The first-order valence-electron chi connectivity index (χ1n) is 4.80. The summed E-state index contributed by atoms with van der Waals surface area (Å²) in [6.45, 7) is 0.469. The van der Waals surface area contributed by atoms with Crippen molar-refractivity contribution in [2.45, 2.75) is 4.90 Å². The van der Waals surface area contributed by atoms with E-state index >= 15 is 0 Å². The van der Waals surface area contributed by atoms with Crippen LogP contribution in [0.25, 0.3) is 0 Å². The molecule has 3 amide bonds. The van der Waals surface area contributed by atoms with Crippen LogP contribution >= 0.6 is 12.6 Å². The van der Waals surface area contributed by atoms with Crippen LogP contribution in [0.4, 0.5) is 9.18 Å². The van der Waals surface area contributed by atoms with Crippen LogP contribution in [0.3, 0.4) is 0 Å². The fourth-order valence-corrected chi connectivity index (χ4v) is 1.33. The van der Waals surface area contributed by atoms with Crippen LogP contribution in [0.5, 0.6) is 0 Å². The Morgan fingerprint density at radius 3 is 2.53 bits per heavy atom. The smallest absolute Gasteiger partial charge is 0.312 e. The predicted octanol–water partition coefficient (Wildman–Crippen LogP) is 0.513. The van der Waals surface area contributed by atoms with Crippen LogP contribution < -0.4 is 16.4 Å². The van der Waals surface area contributed by atoms with Gasteiger partial charge in [0, 0.05) is 23.5 Å². The first-order valence-corrected chi connectivity index (χ1v) is 5.25. The second-order valence-corrected chi connectivity index (χ2v) is 3.69. The molecule has 0 aliphatic heterocycles. The first-order chi connectivity index (χ1) is 8.00. The zero-order valence-corrected chi connectivity index (χ0v) is 9.76. The average Bonchev–Trinajstić information content (AvgIpc) is 2.27. The van der Waals surface area contributed by atoms with Crippen LogP contribution in [0.1, 0.15) is 10.4 Å². The van der Waals surface area contributed by atoms with E-state index in [9.17, 15) is 14.0 Å². The molecule has 17 heavy (non-hydrogen) atoms. The van der Waals surface area contributed by atoms with Gasteiger partial charge in [-0.05, 0) is 18.2 Å². The van der Waals surface area contributed by atoms with Crippen molar-refractivity contribution in [3.8, 4) is 0 Å². The SMILES string of the molecule is NC(=O)NCCNC(=O)c1ccc(F)c(S)c1. The number of nitrogens with one attached hydrogen (secondary N) is 2. The third-order valence-corrected chi connectivity index (χ3v) is 2.26. The minimum absolute atomic E-state index is 0.105. The Hall–Kier alpha value is -1.76. The van der Waals surface area contributed by atoms with E-state index in [0.29, 0.717) is 5.56 Å². The number of nitrogens with two attached hydrogens (primary N) is 1. The van der Waals surface area contributed by atoms with Crippen molar-refractivity contribution >= 4 is 24.6 Å². The Bertz CT molecular complexity index is 440. The van der Waals surface area contributed by atoms with E-state index in [1.165, 1.54) is 18.2 Å². The molecule has 0 bridgehead atoms. The van der Waals surface area contributed by atoms with Gasteiger partial charge in [0.15, 0.2) is 0 Å². The summed E-state index contributed by atoms with van der Waals surface area (Å²) in [5, 5.41) is 4.86. The molecule has 0 aromatic heterocycles. The molecule has 4 N–H and O–H groups in total. The van der Waals surface area contributed by atoms with Gasteiger partial charge in [0.05, 0.1) is 0 Å². The maximum absolute atomic E-state index is 12.9. The van der Waals surface area contributed by atoms with Crippen molar-refractivity contribution < 1.29 is 14.0 Å². The molecule has 1 rings (SSSR count). The monoisotopic (exact) mass is 257 g/mol. The number of thiol groups is 1. The number of rotatable bonds is 4. The van der Waals surface area contributed by atoms with Crippen molar-refractivity contribution in [1.29, 1.82) is 0 Å². The quantitative estimate of drug-likeness (QED) is 0.468. The second kappa shape index (κ2) is 6.09. The van der Waals surface area contributed by atoms with Gasteiger partial charge in [0.1, 0.15) is 5.82 Å². The maximum atomic E-state index is 12.9. The summed E-state index contributed by atoms with van der Waals surface area (Å²) in [7, 11) is 0. The van der Waals surface area contributed by atoms with E-state index in [4.69, 9.17) is 5.73 Å². The Morgan fingerprint density at radius 1 is 1.29 bits per heavy atom. The molecule has 0 spiro atoms. The lowest BCUT2D eigenvalue weighted by molar-refractivity contribution is 0.0953. The number of carbonyl (C=O) groups excluding carboxylic acids is 2. The van der Waals surface area contributed by atoms with Gasteiger partial charge in [0.2, 0.25) is 0 Å². The molecule has 92 valence electrons. The molecule has 5 nitrogen and oxygen atoms in total. The summed E-state index contributed by atoms with van der Waals surface area (Å²) in [4.78, 5) is 22.0. The van der Waals surface area contributed by atoms with Crippen LogP contribution in [0, 0.1) is 5.82 Å². The van der Waals surface area contributed by atoms with Gasteiger partial charge in [-0.25, -0.2) is 9.18 Å². The topological polar surface area (TPSA) is 84.2 Å². The second-order valence-electron chi connectivity index (χ2n) is 3.21. The molecule has 0 unspecified atom stereocenters. The fourth-order valence-electron chi connectivity index (χ4n) is 1.12. The fraction of sp³-hybridized carbons (Fsp3) is 0.200. The molecule has 1 aromatic carbocycles. The molecule has 0 heterocycles. The Labute approximate surface area is 103 Å². The normalized spacial score (nSPS) is 9.76. The molecule has 0 aliphatic carbocycles. The van der Waals surface area contributed by atoms with Gasteiger partial charge >= 0.3 is 6.03 Å². The van der Waals surface area contributed by atoms with Crippen LogP contribution in [0.15, 0.2) is 23.1 Å². The van der Waals surface area contributed by atoms with Gasteiger partial charge < -0.3 is 16.4 Å². The first kappa shape index (κ1) is 13.3. The molecule has 0 saturated heterocycles. The molecule has 0 aliphatic rings. The maximum Gasteiger partial charge on any atom is 0.312 e. The summed E-state index contributed by atoms with van der Waals surface area (Å²) in [5.74, 6) is -0.855. The molecule has 1 aromatic rings. The van der Waals surface area contributed by atoms with Crippen molar-refractivity contribution in [3.05, 3.63) is 29.6 Å². The number of amides is 3. The number of hydrogen-bond donors (Lipinski definition) is 4. The number of carbonyl (C=O) groups is 2. The van der Waals surface area contributed by atoms with E-state index in [2.05, 4.69) is 23.3 Å². The summed E-state index contributed by atoms with van der Waals surface area (Å²) in [6, 6.07) is 3.19. The van der Waals surface area contributed by atoms with E-state index in [-0.39, 0.29) is 23.9 Å². The third kappa shape index (κ3) is 4.31. The summed E-state index contributed by atoms with van der Waals surface area (Å²) in [5.41, 5.74) is 5.14. The molecule has 0 radical (unpaired) electrons. The number of primary amides is 1. The highest BCUT2D eigenvalue weighted by molar-refractivity contribution is 7.80. The number of urea groups is 1. The highest BCUT2D eigenvalue weighted by atomic mass is 32.1. The van der Waals surface area contributed by atoms with Crippen molar-refractivity contribution in [3.63, 3.8) is 0 Å². The van der Waals surface area contributed by atoms with E-state index in [1.807, 2.05) is 0 Å². The predicted molar refractivity (Wildman–Crippen MR) is 63.6 cm³/mol. The number of hydrogen-bond acceptors (Lipinski definition) is 3.